The van der Waals surface area contributed by atoms with Gasteiger partial charge in [-0.25, -0.2) is 8.78 Å². The van der Waals surface area contributed by atoms with Gasteiger partial charge in [0.15, 0.2) is 0 Å². The lowest BCUT2D eigenvalue weighted by molar-refractivity contribution is -0.0856. The molecule has 10 heavy (non-hydrogen) atoms. The third-order valence-corrected chi connectivity index (χ3v) is 2.36. The molecule has 0 aromatic heterocycles. The van der Waals surface area contributed by atoms with E-state index in [9.17, 15) is 8.78 Å². The van der Waals surface area contributed by atoms with Crippen molar-refractivity contribution >= 4 is 0 Å². The molecule has 2 unspecified atom stereocenters. The van der Waals surface area contributed by atoms with Gasteiger partial charge in [0, 0.05) is 18.4 Å². The lowest BCUT2D eigenvalue weighted by Gasteiger charge is -2.33. The predicted molar refractivity (Wildman–Crippen MR) is 35.9 cm³/mol. The summed E-state index contributed by atoms with van der Waals surface area (Å²) in [5.41, 5.74) is 5.47. The van der Waals surface area contributed by atoms with E-state index < -0.39 is 11.8 Å². The molecular formula is C7H13F2N. The fourth-order valence-corrected chi connectivity index (χ4v) is 1.36. The van der Waals surface area contributed by atoms with Gasteiger partial charge in [0.25, 0.3) is 5.92 Å². The monoisotopic (exact) mass is 149 g/mol. The zero-order valence-electron chi connectivity index (χ0n) is 6.11. The van der Waals surface area contributed by atoms with Crippen molar-refractivity contribution in [2.45, 2.75) is 38.2 Å². The molecule has 0 heterocycles. The van der Waals surface area contributed by atoms with E-state index in [1.165, 1.54) is 6.92 Å². The van der Waals surface area contributed by atoms with E-state index >= 15 is 0 Å². The maximum Gasteiger partial charge on any atom is 0.252 e. The molecule has 1 rings (SSSR count). The van der Waals surface area contributed by atoms with Gasteiger partial charge in [-0.15, -0.1) is 0 Å². The Bertz CT molecular complexity index is 125. The highest BCUT2D eigenvalue weighted by Gasteiger charge is 2.42. The van der Waals surface area contributed by atoms with Crippen LogP contribution < -0.4 is 5.73 Å². The number of halogens is 2. The number of hydrogen-bond acceptors (Lipinski definition) is 1. The highest BCUT2D eigenvalue weighted by atomic mass is 19.3. The Kier molecular flexibility index (Phi) is 1.95. The minimum atomic E-state index is -2.52. The first-order chi connectivity index (χ1) is 4.54. The largest absolute Gasteiger partial charge is 0.327 e. The molecule has 1 saturated carbocycles. The van der Waals surface area contributed by atoms with Crippen molar-refractivity contribution < 1.29 is 8.78 Å². The van der Waals surface area contributed by atoms with Crippen LogP contribution in [0.3, 0.4) is 0 Å². The van der Waals surface area contributed by atoms with Crippen molar-refractivity contribution in [1.82, 2.24) is 0 Å². The molecule has 0 aromatic rings. The molecule has 0 amide bonds. The van der Waals surface area contributed by atoms with E-state index in [0.29, 0.717) is 6.42 Å². The lowest BCUT2D eigenvalue weighted by Crippen LogP contribution is -2.44. The molecule has 0 aromatic carbocycles. The van der Waals surface area contributed by atoms with Crippen molar-refractivity contribution in [3.8, 4) is 0 Å². The molecule has 2 N–H and O–H groups in total. The van der Waals surface area contributed by atoms with Gasteiger partial charge in [-0.2, -0.15) is 0 Å². The maximum atomic E-state index is 12.8. The molecule has 0 radical (unpaired) electrons. The van der Waals surface area contributed by atoms with Crippen LogP contribution in [0, 0.1) is 5.92 Å². The van der Waals surface area contributed by atoms with Crippen LogP contribution >= 0.6 is 0 Å². The minimum Gasteiger partial charge on any atom is -0.327 e. The molecule has 2 atom stereocenters. The third-order valence-electron chi connectivity index (χ3n) is 2.36. The van der Waals surface area contributed by atoms with Gasteiger partial charge in [0.1, 0.15) is 0 Å². The van der Waals surface area contributed by atoms with Gasteiger partial charge in [0.05, 0.1) is 0 Å². The lowest BCUT2D eigenvalue weighted by atomic mass is 9.83. The van der Waals surface area contributed by atoms with Crippen LogP contribution in [0.5, 0.6) is 0 Å². The second kappa shape index (κ2) is 2.46. The Morgan fingerprint density at radius 3 is 2.50 bits per heavy atom. The molecule has 1 fully saturated rings. The number of nitrogens with two attached hydrogens (primary N) is 1. The molecule has 1 aliphatic rings. The molecule has 3 heteroatoms. The van der Waals surface area contributed by atoms with Crippen LogP contribution in [0.25, 0.3) is 0 Å². The average molecular weight is 149 g/mol. The van der Waals surface area contributed by atoms with Gasteiger partial charge < -0.3 is 5.73 Å². The second-order valence-corrected chi connectivity index (χ2v) is 3.11. The van der Waals surface area contributed by atoms with Crippen molar-refractivity contribution in [1.29, 1.82) is 0 Å². The van der Waals surface area contributed by atoms with E-state index in [2.05, 4.69) is 0 Å². The van der Waals surface area contributed by atoms with Crippen molar-refractivity contribution in [2.75, 3.05) is 0 Å². The zero-order valence-corrected chi connectivity index (χ0v) is 6.11. The van der Waals surface area contributed by atoms with Crippen molar-refractivity contribution in [2.24, 2.45) is 11.7 Å². The summed E-state index contributed by atoms with van der Waals surface area (Å²) in [5, 5.41) is 0. The quantitative estimate of drug-likeness (QED) is 0.558. The molecule has 1 nitrogen and oxygen atoms in total. The summed E-state index contributed by atoms with van der Waals surface area (Å²) in [5.74, 6) is -3.15. The smallest absolute Gasteiger partial charge is 0.252 e. The summed E-state index contributed by atoms with van der Waals surface area (Å²) in [4.78, 5) is 0. The minimum absolute atomic E-state index is 0.0157. The van der Waals surface area contributed by atoms with E-state index in [1.54, 1.807) is 0 Å². The first-order valence-electron chi connectivity index (χ1n) is 3.67. The zero-order chi connectivity index (χ0) is 7.78. The standard InChI is InChI=1S/C7H13F2N/c1-5-6(10)3-2-4-7(5,8)9/h5-6H,2-4,10H2,1H3. The van der Waals surface area contributed by atoms with Gasteiger partial charge in [-0.1, -0.05) is 6.92 Å². The number of hydrogen-bond donors (Lipinski definition) is 1. The molecule has 0 spiro atoms. The highest BCUT2D eigenvalue weighted by molar-refractivity contribution is 4.86. The summed E-state index contributed by atoms with van der Waals surface area (Å²) >= 11 is 0. The van der Waals surface area contributed by atoms with E-state index in [-0.39, 0.29) is 12.5 Å². The van der Waals surface area contributed by atoms with E-state index in [4.69, 9.17) is 5.73 Å². The Morgan fingerprint density at radius 1 is 1.50 bits per heavy atom. The first-order valence-corrected chi connectivity index (χ1v) is 3.67. The topological polar surface area (TPSA) is 26.0 Å². The van der Waals surface area contributed by atoms with Crippen molar-refractivity contribution in [3.05, 3.63) is 0 Å². The maximum absolute atomic E-state index is 12.8. The molecule has 0 saturated heterocycles. The molecule has 0 bridgehead atoms. The van der Waals surface area contributed by atoms with Crippen LogP contribution in [0.4, 0.5) is 8.78 Å². The number of alkyl halides is 2. The van der Waals surface area contributed by atoms with Gasteiger partial charge in [0.2, 0.25) is 0 Å². The fraction of sp³-hybridized carbons (Fsp3) is 1.00. The van der Waals surface area contributed by atoms with E-state index in [1.807, 2.05) is 0 Å². The van der Waals surface area contributed by atoms with E-state index in [0.717, 1.165) is 6.42 Å². The fourth-order valence-electron chi connectivity index (χ4n) is 1.36. The van der Waals surface area contributed by atoms with Crippen LogP contribution in [-0.4, -0.2) is 12.0 Å². The Labute approximate surface area is 59.6 Å². The van der Waals surface area contributed by atoms with Gasteiger partial charge >= 0.3 is 0 Å². The summed E-state index contributed by atoms with van der Waals surface area (Å²) < 4.78 is 25.5. The molecule has 0 aliphatic heterocycles. The summed E-state index contributed by atoms with van der Waals surface area (Å²) in [6, 6.07) is -0.302. The highest BCUT2D eigenvalue weighted by Crippen LogP contribution is 2.37. The normalized spacial score (nSPS) is 39.6. The van der Waals surface area contributed by atoms with Crippen LogP contribution in [-0.2, 0) is 0 Å². The second-order valence-electron chi connectivity index (χ2n) is 3.11. The van der Waals surface area contributed by atoms with Crippen molar-refractivity contribution in [3.63, 3.8) is 0 Å². The van der Waals surface area contributed by atoms with Crippen LogP contribution in [0.15, 0.2) is 0 Å². The molecular weight excluding hydrogens is 136 g/mol. The average Bonchev–Trinajstić information content (AvgIpc) is 1.83. The SMILES string of the molecule is CC1C(N)CCCC1(F)F. The molecule has 1 aliphatic carbocycles. The van der Waals surface area contributed by atoms with Crippen LogP contribution in [0.1, 0.15) is 26.2 Å². The Morgan fingerprint density at radius 2 is 2.10 bits per heavy atom. The molecule has 60 valence electrons. The summed E-state index contributed by atoms with van der Waals surface area (Å²) in [6.07, 6.45) is 1.33. The summed E-state index contributed by atoms with van der Waals surface area (Å²) in [6.45, 7) is 1.53. The number of rotatable bonds is 0. The van der Waals surface area contributed by atoms with Gasteiger partial charge in [-0.3, -0.25) is 0 Å². The Balaban J connectivity index is 2.60. The van der Waals surface area contributed by atoms with Crippen LogP contribution in [0.2, 0.25) is 0 Å². The first kappa shape index (κ1) is 7.92. The van der Waals surface area contributed by atoms with Gasteiger partial charge in [-0.05, 0) is 12.8 Å². The predicted octanol–water partition coefficient (Wildman–Crippen LogP) is 1.77. The summed E-state index contributed by atoms with van der Waals surface area (Å²) in [7, 11) is 0. The Hall–Kier alpha value is -0.180. The third kappa shape index (κ3) is 1.29.